The Morgan fingerprint density at radius 3 is 2.44 bits per heavy atom. The SMILES string of the molecule is CCOC(=O)Cc1cc(C(C)(C)C)cc(C)c1O. The Balaban J connectivity index is 3.11. The van der Waals surface area contributed by atoms with Crippen LogP contribution in [0.3, 0.4) is 0 Å². The summed E-state index contributed by atoms with van der Waals surface area (Å²) in [4.78, 5) is 11.5. The second-order valence-corrected chi connectivity index (χ2v) is 5.53. The van der Waals surface area contributed by atoms with E-state index in [1.165, 1.54) is 0 Å². The number of hydrogen-bond donors (Lipinski definition) is 1. The van der Waals surface area contributed by atoms with E-state index in [2.05, 4.69) is 20.8 Å². The molecule has 1 aromatic carbocycles. The molecule has 0 bridgehead atoms. The summed E-state index contributed by atoms with van der Waals surface area (Å²) in [6.45, 7) is 10.3. The normalized spacial score (nSPS) is 11.4. The molecule has 1 N–H and O–H groups in total. The fraction of sp³-hybridized carbons (Fsp3) is 0.533. The molecule has 0 fully saturated rings. The highest BCUT2D eigenvalue weighted by molar-refractivity contribution is 5.74. The average molecular weight is 250 g/mol. The zero-order chi connectivity index (χ0) is 13.9. The Labute approximate surface area is 109 Å². The van der Waals surface area contributed by atoms with Crippen LogP contribution in [0.15, 0.2) is 12.1 Å². The molecule has 0 radical (unpaired) electrons. The molecule has 0 spiro atoms. The van der Waals surface area contributed by atoms with Gasteiger partial charge in [-0.15, -0.1) is 0 Å². The minimum absolute atomic E-state index is 0.0120. The van der Waals surface area contributed by atoms with E-state index in [0.29, 0.717) is 12.2 Å². The van der Waals surface area contributed by atoms with Gasteiger partial charge in [-0.25, -0.2) is 0 Å². The van der Waals surface area contributed by atoms with Crippen LogP contribution in [-0.4, -0.2) is 17.7 Å². The van der Waals surface area contributed by atoms with E-state index in [1.54, 1.807) is 6.92 Å². The lowest BCUT2D eigenvalue weighted by molar-refractivity contribution is -0.142. The number of benzene rings is 1. The zero-order valence-corrected chi connectivity index (χ0v) is 11.8. The molecule has 0 saturated carbocycles. The number of carbonyl (C=O) groups excluding carboxylic acids is 1. The van der Waals surface area contributed by atoms with Gasteiger partial charge in [-0.05, 0) is 30.4 Å². The van der Waals surface area contributed by atoms with Crippen molar-refractivity contribution in [3.8, 4) is 5.75 Å². The first-order chi connectivity index (χ1) is 8.25. The van der Waals surface area contributed by atoms with Crippen molar-refractivity contribution in [1.29, 1.82) is 0 Å². The van der Waals surface area contributed by atoms with Crippen molar-refractivity contribution < 1.29 is 14.6 Å². The Kier molecular flexibility index (Phi) is 4.38. The number of rotatable bonds is 3. The van der Waals surface area contributed by atoms with Gasteiger partial charge in [-0.1, -0.05) is 32.9 Å². The summed E-state index contributed by atoms with van der Waals surface area (Å²) in [7, 11) is 0. The number of esters is 1. The van der Waals surface area contributed by atoms with E-state index >= 15 is 0 Å². The largest absolute Gasteiger partial charge is 0.507 e. The predicted octanol–water partition coefficient (Wildman–Crippen LogP) is 3.10. The average Bonchev–Trinajstić information content (AvgIpc) is 2.23. The van der Waals surface area contributed by atoms with Gasteiger partial charge in [-0.2, -0.15) is 0 Å². The van der Waals surface area contributed by atoms with E-state index in [9.17, 15) is 9.90 Å². The third-order valence-corrected chi connectivity index (χ3v) is 2.89. The second-order valence-electron chi connectivity index (χ2n) is 5.53. The Hall–Kier alpha value is -1.51. The molecule has 0 unspecified atom stereocenters. The Morgan fingerprint density at radius 2 is 1.94 bits per heavy atom. The van der Waals surface area contributed by atoms with Crippen LogP contribution in [0.5, 0.6) is 5.75 Å². The molecule has 0 saturated heterocycles. The van der Waals surface area contributed by atoms with Gasteiger partial charge in [0.15, 0.2) is 0 Å². The van der Waals surface area contributed by atoms with Crippen LogP contribution < -0.4 is 0 Å². The molecule has 18 heavy (non-hydrogen) atoms. The maximum atomic E-state index is 11.5. The molecule has 0 aromatic heterocycles. The number of phenols is 1. The lowest BCUT2D eigenvalue weighted by Gasteiger charge is -2.21. The fourth-order valence-electron chi connectivity index (χ4n) is 1.79. The monoisotopic (exact) mass is 250 g/mol. The van der Waals surface area contributed by atoms with Gasteiger partial charge in [0.2, 0.25) is 0 Å². The first-order valence-electron chi connectivity index (χ1n) is 6.24. The standard InChI is InChI=1S/C15H22O3/c1-6-18-13(16)9-11-8-12(15(3,4)5)7-10(2)14(11)17/h7-8,17H,6,9H2,1-5H3. The third-order valence-electron chi connectivity index (χ3n) is 2.89. The van der Waals surface area contributed by atoms with E-state index in [1.807, 2.05) is 19.1 Å². The van der Waals surface area contributed by atoms with E-state index < -0.39 is 0 Å². The number of ether oxygens (including phenoxy) is 1. The number of phenolic OH excluding ortho intramolecular Hbond substituents is 1. The number of aryl methyl sites for hydroxylation is 1. The summed E-state index contributed by atoms with van der Waals surface area (Å²) in [6.07, 6.45) is 0.116. The molecular formula is C15H22O3. The number of aromatic hydroxyl groups is 1. The molecule has 1 aromatic rings. The minimum atomic E-state index is -0.307. The molecule has 3 heteroatoms. The quantitative estimate of drug-likeness (QED) is 0.838. The topological polar surface area (TPSA) is 46.5 Å². The van der Waals surface area contributed by atoms with Crippen LogP contribution >= 0.6 is 0 Å². The highest BCUT2D eigenvalue weighted by Crippen LogP contribution is 2.31. The van der Waals surface area contributed by atoms with E-state index in [-0.39, 0.29) is 23.6 Å². The van der Waals surface area contributed by atoms with Gasteiger partial charge in [0.05, 0.1) is 13.0 Å². The molecule has 0 aliphatic rings. The molecule has 0 amide bonds. The smallest absolute Gasteiger partial charge is 0.310 e. The molecule has 3 nitrogen and oxygen atoms in total. The Bertz CT molecular complexity index is 442. The zero-order valence-electron chi connectivity index (χ0n) is 11.8. The lowest BCUT2D eigenvalue weighted by Crippen LogP contribution is -2.14. The van der Waals surface area contributed by atoms with Gasteiger partial charge in [0.1, 0.15) is 5.75 Å². The Morgan fingerprint density at radius 1 is 1.33 bits per heavy atom. The minimum Gasteiger partial charge on any atom is -0.507 e. The van der Waals surface area contributed by atoms with Crippen LogP contribution in [0.2, 0.25) is 0 Å². The van der Waals surface area contributed by atoms with Crippen molar-refractivity contribution in [1.82, 2.24) is 0 Å². The van der Waals surface area contributed by atoms with Gasteiger partial charge >= 0.3 is 5.97 Å². The van der Waals surface area contributed by atoms with Crippen LogP contribution in [0, 0.1) is 6.92 Å². The van der Waals surface area contributed by atoms with Crippen molar-refractivity contribution in [2.75, 3.05) is 6.61 Å². The van der Waals surface area contributed by atoms with Crippen molar-refractivity contribution >= 4 is 5.97 Å². The molecule has 0 heterocycles. The maximum absolute atomic E-state index is 11.5. The predicted molar refractivity (Wildman–Crippen MR) is 71.9 cm³/mol. The van der Waals surface area contributed by atoms with Crippen molar-refractivity contribution in [2.45, 2.75) is 46.5 Å². The maximum Gasteiger partial charge on any atom is 0.310 e. The highest BCUT2D eigenvalue weighted by atomic mass is 16.5. The van der Waals surface area contributed by atoms with Crippen LogP contribution in [0.1, 0.15) is 44.4 Å². The van der Waals surface area contributed by atoms with Crippen LogP contribution in [0.25, 0.3) is 0 Å². The fourth-order valence-corrected chi connectivity index (χ4v) is 1.79. The summed E-state index contributed by atoms with van der Waals surface area (Å²) in [5, 5.41) is 10.00. The first-order valence-corrected chi connectivity index (χ1v) is 6.24. The third kappa shape index (κ3) is 3.49. The summed E-state index contributed by atoms with van der Waals surface area (Å²) in [5.41, 5.74) is 2.53. The van der Waals surface area contributed by atoms with E-state index in [4.69, 9.17) is 4.74 Å². The van der Waals surface area contributed by atoms with Gasteiger partial charge in [0, 0.05) is 5.56 Å². The van der Waals surface area contributed by atoms with Crippen LogP contribution in [-0.2, 0) is 21.4 Å². The van der Waals surface area contributed by atoms with Crippen molar-refractivity contribution in [3.63, 3.8) is 0 Å². The summed E-state index contributed by atoms with van der Waals surface area (Å²) >= 11 is 0. The van der Waals surface area contributed by atoms with E-state index in [0.717, 1.165) is 11.1 Å². The highest BCUT2D eigenvalue weighted by Gasteiger charge is 2.18. The second kappa shape index (κ2) is 5.42. The van der Waals surface area contributed by atoms with Crippen molar-refractivity contribution in [3.05, 3.63) is 28.8 Å². The molecule has 0 aliphatic carbocycles. The summed E-state index contributed by atoms with van der Waals surface area (Å²) in [6, 6.07) is 3.85. The molecule has 1 rings (SSSR count). The van der Waals surface area contributed by atoms with Crippen molar-refractivity contribution in [2.24, 2.45) is 0 Å². The van der Waals surface area contributed by atoms with Gasteiger partial charge in [0.25, 0.3) is 0 Å². The molecule has 0 atom stereocenters. The van der Waals surface area contributed by atoms with Gasteiger partial charge < -0.3 is 9.84 Å². The lowest BCUT2D eigenvalue weighted by atomic mass is 9.84. The van der Waals surface area contributed by atoms with Gasteiger partial charge in [-0.3, -0.25) is 4.79 Å². The number of carbonyl (C=O) groups is 1. The molecular weight excluding hydrogens is 228 g/mol. The molecule has 100 valence electrons. The molecule has 0 aliphatic heterocycles. The van der Waals surface area contributed by atoms with Crippen LogP contribution in [0.4, 0.5) is 0 Å². The first kappa shape index (κ1) is 14.6. The summed E-state index contributed by atoms with van der Waals surface area (Å²) < 4.78 is 4.92. The summed E-state index contributed by atoms with van der Waals surface area (Å²) in [5.74, 6) is -0.116. The number of hydrogen-bond acceptors (Lipinski definition) is 3.